The van der Waals surface area contributed by atoms with Crippen LogP contribution in [0.1, 0.15) is 10.4 Å². The molecule has 25 heavy (non-hydrogen) atoms. The number of Topliss-reactive ketones (excluding diaryl/α,β-unsaturated/α-hetero) is 1. The van der Waals surface area contributed by atoms with Crippen molar-refractivity contribution in [3.8, 4) is 17.0 Å². The van der Waals surface area contributed by atoms with E-state index in [-0.39, 0.29) is 12.3 Å². The second kappa shape index (κ2) is 6.99. The topological polar surface area (TPSA) is 61.1 Å². The van der Waals surface area contributed by atoms with E-state index in [0.29, 0.717) is 22.3 Å². The Hall–Kier alpha value is -2.79. The lowest BCUT2D eigenvalue weighted by Crippen LogP contribution is -2.39. The number of carbonyl (C=O) groups is 1. The maximum absolute atomic E-state index is 12.5. The van der Waals surface area contributed by atoms with E-state index in [0.717, 1.165) is 11.3 Å². The van der Waals surface area contributed by atoms with Crippen molar-refractivity contribution in [2.75, 3.05) is 12.8 Å². The van der Waals surface area contributed by atoms with Crippen LogP contribution in [0.25, 0.3) is 11.3 Å². The molecule has 0 aliphatic rings. The monoisotopic (exact) mass is 356 g/mol. The molecule has 0 saturated heterocycles. The molecule has 3 rings (SSSR count). The summed E-state index contributed by atoms with van der Waals surface area (Å²) >= 11 is 6.07. The van der Waals surface area contributed by atoms with E-state index in [1.807, 2.05) is 42.1 Å². The molecule has 2 N–H and O–H groups in total. The number of hydrogen-bond donors (Lipinski definition) is 1. The SMILES string of the molecule is COc1ccc(C(=O)C[n+]2cc(-c3cccc(Cl)c3)n(C)c2N)cc1. The zero-order chi connectivity index (χ0) is 18.0. The zero-order valence-corrected chi connectivity index (χ0v) is 14.8. The van der Waals surface area contributed by atoms with Gasteiger partial charge in [-0.1, -0.05) is 23.7 Å². The number of nitrogen functional groups attached to an aromatic ring is 1. The molecule has 3 aromatic rings. The minimum atomic E-state index is -0.0254. The van der Waals surface area contributed by atoms with E-state index in [1.165, 1.54) is 0 Å². The van der Waals surface area contributed by atoms with E-state index in [2.05, 4.69) is 0 Å². The lowest BCUT2D eigenvalue weighted by molar-refractivity contribution is -0.667. The number of imidazole rings is 1. The van der Waals surface area contributed by atoms with Crippen LogP contribution in [0, 0.1) is 0 Å². The molecule has 0 bridgehead atoms. The van der Waals surface area contributed by atoms with Crippen molar-refractivity contribution >= 4 is 23.3 Å². The molecule has 0 radical (unpaired) electrons. The summed E-state index contributed by atoms with van der Waals surface area (Å²) in [5.74, 6) is 1.19. The Kier molecular flexibility index (Phi) is 4.76. The summed E-state index contributed by atoms with van der Waals surface area (Å²) in [6, 6.07) is 14.6. The fraction of sp³-hybridized carbons (Fsp3) is 0.158. The summed E-state index contributed by atoms with van der Waals surface area (Å²) < 4.78 is 8.69. The molecule has 0 amide bonds. The molecule has 6 heteroatoms. The van der Waals surface area contributed by atoms with E-state index >= 15 is 0 Å². The van der Waals surface area contributed by atoms with Gasteiger partial charge in [0.05, 0.1) is 14.2 Å². The quantitative estimate of drug-likeness (QED) is 0.564. The molecule has 0 spiro atoms. The highest BCUT2D eigenvalue weighted by molar-refractivity contribution is 6.30. The van der Waals surface area contributed by atoms with Crippen molar-refractivity contribution in [3.05, 3.63) is 65.3 Å². The van der Waals surface area contributed by atoms with Crippen molar-refractivity contribution in [1.29, 1.82) is 0 Å². The number of halogens is 1. The van der Waals surface area contributed by atoms with Gasteiger partial charge in [0, 0.05) is 16.1 Å². The van der Waals surface area contributed by atoms with Crippen LogP contribution in [0.3, 0.4) is 0 Å². The van der Waals surface area contributed by atoms with Gasteiger partial charge in [-0.3, -0.25) is 10.5 Å². The number of methoxy groups -OCH3 is 1. The van der Waals surface area contributed by atoms with Crippen LogP contribution in [-0.4, -0.2) is 17.5 Å². The number of carbonyl (C=O) groups excluding carboxylic acids is 1. The Morgan fingerprint density at radius 1 is 1.24 bits per heavy atom. The Bertz CT molecular complexity index is 917. The summed E-state index contributed by atoms with van der Waals surface area (Å²) in [6.07, 6.45) is 1.86. The lowest BCUT2D eigenvalue weighted by Gasteiger charge is -2.02. The van der Waals surface area contributed by atoms with Crippen LogP contribution in [0.15, 0.2) is 54.7 Å². The average molecular weight is 357 g/mol. The first-order chi connectivity index (χ1) is 12.0. The predicted molar refractivity (Wildman–Crippen MR) is 97.8 cm³/mol. The summed E-state index contributed by atoms with van der Waals surface area (Å²) in [7, 11) is 3.45. The number of hydrogen-bond acceptors (Lipinski definition) is 3. The van der Waals surface area contributed by atoms with Gasteiger partial charge in [0.2, 0.25) is 0 Å². The molecule has 0 unspecified atom stereocenters. The number of ether oxygens (including phenoxy) is 1. The minimum Gasteiger partial charge on any atom is -0.497 e. The highest BCUT2D eigenvalue weighted by Crippen LogP contribution is 2.23. The van der Waals surface area contributed by atoms with Gasteiger partial charge >= 0.3 is 5.95 Å². The fourth-order valence-corrected chi connectivity index (χ4v) is 2.87. The highest BCUT2D eigenvalue weighted by Gasteiger charge is 2.20. The lowest BCUT2D eigenvalue weighted by atomic mass is 10.1. The van der Waals surface area contributed by atoms with E-state index < -0.39 is 0 Å². The highest BCUT2D eigenvalue weighted by atomic mass is 35.5. The summed E-state index contributed by atoms with van der Waals surface area (Å²) in [6.45, 7) is 0.159. The first-order valence-corrected chi connectivity index (χ1v) is 8.15. The van der Waals surface area contributed by atoms with Crippen LogP contribution >= 0.6 is 11.6 Å². The number of nitrogens with zero attached hydrogens (tertiary/aromatic N) is 2. The molecule has 5 nitrogen and oxygen atoms in total. The van der Waals surface area contributed by atoms with Crippen LogP contribution in [0.4, 0.5) is 5.95 Å². The molecular weight excluding hydrogens is 338 g/mol. The number of aromatic nitrogens is 2. The van der Waals surface area contributed by atoms with Gasteiger partial charge in [0.1, 0.15) is 24.2 Å². The molecule has 0 saturated carbocycles. The normalized spacial score (nSPS) is 10.7. The number of ketones is 1. The Morgan fingerprint density at radius 2 is 1.96 bits per heavy atom. The van der Waals surface area contributed by atoms with Crippen molar-refractivity contribution in [1.82, 2.24) is 4.57 Å². The van der Waals surface area contributed by atoms with Crippen LogP contribution < -0.4 is 15.0 Å². The number of rotatable bonds is 5. The molecule has 0 aliphatic heterocycles. The third-order valence-corrected chi connectivity index (χ3v) is 4.36. The van der Waals surface area contributed by atoms with Gasteiger partial charge in [-0.25, -0.2) is 9.13 Å². The third kappa shape index (κ3) is 3.51. The molecule has 2 aromatic carbocycles. The molecule has 0 atom stereocenters. The maximum Gasteiger partial charge on any atom is 0.355 e. The average Bonchev–Trinajstić information content (AvgIpc) is 2.90. The van der Waals surface area contributed by atoms with Crippen LogP contribution in [0.5, 0.6) is 5.75 Å². The summed E-state index contributed by atoms with van der Waals surface area (Å²) in [4.78, 5) is 12.5. The maximum atomic E-state index is 12.5. The number of benzene rings is 2. The minimum absolute atomic E-state index is 0.0254. The van der Waals surface area contributed by atoms with E-state index in [4.69, 9.17) is 22.1 Å². The third-order valence-electron chi connectivity index (χ3n) is 4.12. The van der Waals surface area contributed by atoms with Crippen molar-refractivity contribution in [2.24, 2.45) is 7.05 Å². The van der Waals surface area contributed by atoms with Crippen molar-refractivity contribution < 1.29 is 14.1 Å². The Morgan fingerprint density at radius 3 is 2.60 bits per heavy atom. The fourth-order valence-electron chi connectivity index (χ4n) is 2.68. The standard InChI is InChI=1S/C19H18ClN3O2/c1-22-17(14-4-3-5-15(20)10-14)11-23(19(22)21)12-18(24)13-6-8-16(25-2)9-7-13/h3-11,21H,12H2,1-2H3/p+1. The van der Waals surface area contributed by atoms with Gasteiger partial charge in [-0.2, -0.15) is 0 Å². The number of nitrogens with two attached hydrogens (primary N) is 1. The molecule has 1 aromatic heterocycles. The van der Waals surface area contributed by atoms with Gasteiger partial charge in [-0.15, -0.1) is 0 Å². The predicted octanol–water partition coefficient (Wildman–Crippen LogP) is 3.11. The largest absolute Gasteiger partial charge is 0.497 e. The van der Waals surface area contributed by atoms with Gasteiger partial charge in [0.25, 0.3) is 0 Å². The molecule has 0 fully saturated rings. The summed E-state index contributed by atoms with van der Waals surface area (Å²) in [5.41, 5.74) is 8.62. The van der Waals surface area contributed by atoms with Crippen molar-refractivity contribution in [2.45, 2.75) is 6.54 Å². The Labute approximate surface area is 151 Å². The number of anilines is 1. The second-order valence-electron chi connectivity index (χ2n) is 5.72. The second-order valence-corrected chi connectivity index (χ2v) is 6.16. The zero-order valence-electron chi connectivity index (χ0n) is 14.1. The van der Waals surface area contributed by atoms with E-state index in [9.17, 15) is 4.79 Å². The molecular formula is C19H19ClN3O2+. The van der Waals surface area contributed by atoms with Gasteiger partial charge in [-0.05, 0) is 36.4 Å². The smallest absolute Gasteiger partial charge is 0.355 e. The molecule has 128 valence electrons. The first-order valence-electron chi connectivity index (χ1n) is 7.77. The van der Waals surface area contributed by atoms with Crippen LogP contribution in [0.2, 0.25) is 5.02 Å². The van der Waals surface area contributed by atoms with Gasteiger partial charge in [0.15, 0.2) is 5.78 Å². The molecule has 1 heterocycles. The molecule has 0 aliphatic carbocycles. The van der Waals surface area contributed by atoms with Gasteiger partial charge < -0.3 is 4.74 Å². The Balaban J connectivity index is 1.88. The van der Waals surface area contributed by atoms with Crippen molar-refractivity contribution in [3.63, 3.8) is 0 Å². The van der Waals surface area contributed by atoms with Crippen LogP contribution in [-0.2, 0) is 13.6 Å². The summed E-state index contributed by atoms with van der Waals surface area (Å²) in [5, 5.41) is 0.651. The first kappa shape index (κ1) is 17.0. The van der Waals surface area contributed by atoms with E-state index in [1.54, 1.807) is 35.9 Å².